The van der Waals surface area contributed by atoms with E-state index in [4.69, 9.17) is 0 Å². The standard InChI is InChI=1S/C18H30N2O/c1-3-12-19-17(4-2)16-10-5-6-11-18(16)20-13-8-7-9-15(20)14-21/h5-6,10-11,15,17,19,21H,3-4,7-9,12-14H2,1-2H3. The van der Waals surface area contributed by atoms with Gasteiger partial charge in [0.1, 0.15) is 0 Å². The van der Waals surface area contributed by atoms with E-state index >= 15 is 0 Å². The average Bonchev–Trinajstić information content (AvgIpc) is 2.56. The largest absolute Gasteiger partial charge is 0.394 e. The van der Waals surface area contributed by atoms with Crippen LogP contribution in [0.4, 0.5) is 5.69 Å². The molecule has 3 heteroatoms. The Morgan fingerprint density at radius 2 is 2.10 bits per heavy atom. The van der Waals surface area contributed by atoms with Crippen molar-refractivity contribution in [3.8, 4) is 0 Å². The molecular weight excluding hydrogens is 260 g/mol. The minimum Gasteiger partial charge on any atom is -0.394 e. The number of piperidine rings is 1. The predicted molar refractivity (Wildman–Crippen MR) is 89.8 cm³/mol. The summed E-state index contributed by atoms with van der Waals surface area (Å²) in [5.41, 5.74) is 2.69. The Labute approximate surface area is 129 Å². The first-order valence-electron chi connectivity index (χ1n) is 8.51. The van der Waals surface area contributed by atoms with Gasteiger partial charge in [0.2, 0.25) is 0 Å². The number of benzene rings is 1. The fourth-order valence-electron chi connectivity index (χ4n) is 3.34. The van der Waals surface area contributed by atoms with Gasteiger partial charge in [0.05, 0.1) is 12.6 Å². The minimum atomic E-state index is 0.257. The third-order valence-corrected chi connectivity index (χ3v) is 4.51. The van der Waals surface area contributed by atoms with E-state index in [1.807, 2.05) is 0 Å². The van der Waals surface area contributed by atoms with Gasteiger partial charge < -0.3 is 15.3 Å². The summed E-state index contributed by atoms with van der Waals surface area (Å²) in [6.45, 7) is 6.82. The van der Waals surface area contributed by atoms with E-state index in [2.05, 4.69) is 48.3 Å². The smallest absolute Gasteiger partial charge is 0.0635 e. The summed E-state index contributed by atoms with van der Waals surface area (Å²) in [6, 6.07) is 9.40. The minimum absolute atomic E-state index is 0.257. The molecule has 0 saturated carbocycles. The zero-order valence-electron chi connectivity index (χ0n) is 13.5. The van der Waals surface area contributed by atoms with Crippen molar-refractivity contribution in [3.63, 3.8) is 0 Å². The van der Waals surface area contributed by atoms with Gasteiger partial charge in [-0.1, -0.05) is 32.0 Å². The van der Waals surface area contributed by atoms with Crippen LogP contribution >= 0.6 is 0 Å². The fraction of sp³-hybridized carbons (Fsp3) is 0.667. The number of para-hydroxylation sites is 1. The Bertz CT molecular complexity index is 421. The van der Waals surface area contributed by atoms with Crippen LogP contribution in [0.15, 0.2) is 24.3 Å². The van der Waals surface area contributed by atoms with E-state index < -0.39 is 0 Å². The molecule has 118 valence electrons. The van der Waals surface area contributed by atoms with E-state index in [0.29, 0.717) is 6.04 Å². The second-order valence-corrected chi connectivity index (χ2v) is 6.00. The number of anilines is 1. The molecule has 0 aromatic heterocycles. The van der Waals surface area contributed by atoms with Gasteiger partial charge in [0, 0.05) is 18.3 Å². The summed E-state index contributed by atoms with van der Waals surface area (Å²) in [5, 5.41) is 13.4. The molecule has 0 spiro atoms. The lowest BCUT2D eigenvalue weighted by Crippen LogP contribution is -2.42. The van der Waals surface area contributed by atoms with Crippen LogP contribution in [0.2, 0.25) is 0 Å². The molecule has 21 heavy (non-hydrogen) atoms. The molecule has 2 atom stereocenters. The summed E-state index contributed by atoms with van der Waals surface area (Å²) in [5.74, 6) is 0. The van der Waals surface area contributed by atoms with Crippen molar-refractivity contribution in [1.82, 2.24) is 5.32 Å². The van der Waals surface area contributed by atoms with Crippen molar-refractivity contribution in [2.75, 3.05) is 24.6 Å². The predicted octanol–water partition coefficient (Wildman–Crippen LogP) is 3.49. The summed E-state index contributed by atoms with van der Waals surface area (Å²) in [7, 11) is 0. The highest BCUT2D eigenvalue weighted by molar-refractivity contribution is 5.56. The zero-order valence-corrected chi connectivity index (χ0v) is 13.5. The second-order valence-electron chi connectivity index (χ2n) is 6.00. The molecule has 1 aromatic carbocycles. The molecule has 1 heterocycles. The highest BCUT2D eigenvalue weighted by Gasteiger charge is 2.25. The van der Waals surface area contributed by atoms with Crippen LogP contribution < -0.4 is 10.2 Å². The quantitative estimate of drug-likeness (QED) is 0.807. The molecule has 1 aromatic rings. The van der Waals surface area contributed by atoms with Crippen LogP contribution in [0.25, 0.3) is 0 Å². The molecular formula is C18H30N2O. The number of nitrogens with one attached hydrogen (secondary N) is 1. The van der Waals surface area contributed by atoms with Crippen LogP contribution in [0.5, 0.6) is 0 Å². The molecule has 1 aliphatic rings. The molecule has 2 rings (SSSR count). The first-order chi connectivity index (χ1) is 10.3. The molecule has 1 saturated heterocycles. The Kier molecular flexibility index (Phi) is 6.52. The van der Waals surface area contributed by atoms with Crippen molar-refractivity contribution >= 4 is 5.69 Å². The van der Waals surface area contributed by atoms with E-state index in [0.717, 1.165) is 32.4 Å². The maximum atomic E-state index is 9.69. The summed E-state index contributed by atoms with van der Waals surface area (Å²) in [6.07, 6.45) is 5.81. The van der Waals surface area contributed by atoms with Gasteiger partial charge in [0.15, 0.2) is 0 Å². The van der Waals surface area contributed by atoms with Gasteiger partial charge in [0.25, 0.3) is 0 Å². The number of rotatable bonds is 7. The van der Waals surface area contributed by atoms with Crippen LogP contribution in [0.1, 0.15) is 57.6 Å². The molecule has 1 aliphatic heterocycles. The third-order valence-electron chi connectivity index (χ3n) is 4.51. The Hall–Kier alpha value is -1.06. The lowest BCUT2D eigenvalue weighted by Gasteiger charge is -2.38. The second kappa shape index (κ2) is 8.40. The molecule has 2 unspecified atom stereocenters. The number of hydrogen-bond donors (Lipinski definition) is 2. The Balaban J connectivity index is 2.26. The van der Waals surface area contributed by atoms with Crippen molar-refractivity contribution in [1.29, 1.82) is 0 Å². The third kappa shape index (κ3) is 3.98. The molecule has 0 bridgehead atoms. The van der Waals surface area contributed by atoms with E-state index in [1.54, 1.807) is 0 Å². The molecule has 3 nitrogen and oxygen atoms in total. The van der Waals surface area contributed by atoms with Crippen molar-refractivity contribution in [2.24, 2.45) is 0 Å². The maximum absolute atomic E-state index is 9.69. The first-order valence-corrected chi connectivity index (χ1v) is 8.51. The van der Waals surface area contributed by atoms with Crippen LogP contribution in [0.3, 0.4) is 0 Å². The SMILES string of the molecule is CCCNC(CC)c1ccccc1N1CCCCC1CO. The topological polar surface area (TPSA) is 35.5 Å². The highest BCUT2D eigenvalue weighted by Crippen LogP contribution is 2.32. The summed E-state index contributed by atoms with van der Waals surface area (Å²) in [4.78, 5) is 2.43. The number of aliphatic hydroxyl groups is 1. The Morgan fingerprint density at radius 1 is 1.29 bits per heavy atom. The molecule has 0 amide bonds. The van der Waals surface area contributed by atoms with Gasteiger partial charge in [-0.2, -0.15) is 0 Å². The summed E-state index contributed by atoms with van der Waals surface area (Å²) >= 11 is 0. The van der Waals surface area contributed by atoms with Gasteiger partial charge in [-0.15, -0.1) is 0 Å². The van der Waals surface area contributed by atoms with Crippen LogP contribution in [-0.4, -0.2) is 30.8 Å². The van der Waals surface area contributed by atoms with Crippen LogP contribution in [-0.2, 0) is 0 Å². The molecule has 0 aliphatic carbocycles. The van der Waals surface area contributed by atoms with Gasteiger partial charge in [-0.05, 0) is 50.3 Å². The van der Waals surface area contributed by atoms with Crippen molar-refractivity contribution < 1.29 is 5.11 Å². The fourth-order valence-corrected chi connectivity index (χ4v) is 3.34. The lowest BCUT2D eigenvalue weighted by atomic mass is 9.96. The van der Waals surface area contributed by atoms with E-state index in [9.17, 15) is 5.11 Å². The molecule has 2 N–H and O–H groups in total. The monoisotopic (exact) mass is 290 g/mol. The summed E-state index contributed by atoms with van der Waals surface area (Å²) < 4.78 is 0. The lowest BCUT2D eigenvalue weighted by molar-refractivity contribution is 0.240. The first kappa shape index (κ1) is 16.3. The van der Waals surface area contributed by atoms with Crippen LogP contribution in [0, 0.1) is 0 Å². The highest BCUT2D eigenvalue weighted by atomic mass is 16.3. The van der Waals surface area contributed by atoms with Gasteiger partial charge >= 0.3 is 0 Å². The average molecular weight is 290 g/mol. The van der Waals surface area contributed by atoms with Crippen molar-refractivity contribution in [3.05, 3.63) is 29.8 Å². The molecule has 0 radical (unpaired) electrons. The normalized spacial score (nSPS) is 20.5. The van der Waals surface area contributed by atoms with E-state index in [-0.39, 0.29) is 12.6 Å². The molecule has 1 fully saturated rings. The zero-order chi connectivity index (χ0) is 15.1. The van der Waals surface area contributed by atoms with Crippen molar-refractivity contribution in [2.45, 2.75) is 58.0 Å². The van der Waals surface area contributed by atoms with Gasteiger partial charge in [-0.3, -0.25) is 0 Å². The maximum Gasteiger partial charge on any atom is 0.0635 e. The Morgan fingerprint density at radius 3 is 2.81 bits per heavy atom. The van der Waals surface area contributed by atoms with E-state index in [1.165, 1.54) is 24.1 Å². The number of aliphatic hydroxyl groups excluding tert-OH is 1. The number of nitrogens with zero attached hydrogens (tertiary/aromatic N) is 1. The number of hydrogen-bond acceptors (Lipinski definition) is 3. The van der Waals surface area contributed by atoms with Gasteiger partial charge in [-0.25, -0.2) is 0 Å².